The normalized spacial score (nSPS) is 15.4. The van der Waals surface area contributed by atoms with Crippen molar-refractivity contribution in [3.8, 4) is 45.2 Å². The molecule has 92 heavy (non-hydrogen) atoms. The van der Waals surface area contributed by atoms with Gasteiger partial charge in [0.2, 0.25) is 12.8 Å². The summed E-state index contributed by atoms with van der Waals surface area (Å²) in [7, 11) is -1.72. The summed E-state index contributed by atoms with van der Waals surface area (Å²) in [6.45, 7) is 27.3. The molecule has 0 saturated carbocycles. The molecule has 478 valence electrons. The molecule has 3 aliphatic rings. The molecule has 22 nitrogen and oxygen atoms in total. The van der Waals surface area contributed by atoms with Crippen LogP contribution in [0.25, 0.3) is 67.0 Å². The molecule has 9 heterocycles. The van der Waals surface area contributed by atoms with E-state index in [1.807, 2.05) is 78.1 Å². The number of hydrogen-bond acceptors (Lipinski definition) is 22. The Morgan fingerprint density at radius 1 is 0.522 bits per heavy atom. The van der Waals surface area contributed by atoms with E-state index < -0.39 is 7.12 Å². The Hall–Kier alpha value is -8.71. The van der Waals surface area contributed by atoms with Gasteiger partial charge in [-0.25, -0.2) is 9.97 Å². The zero-order valence-electron chi connectivity index (χ0n) is 53.7. The van der Waals surface area contributed by atoms with Gasteiger partial charge in [0, 0.05) is 85.9 Å². The van der Waals surface area contributed by atoms with E-state index in [0.717, 1.165) is 169 Å². The molecule has 0 amide bonds. The number of pyridine rings is 4. The van der Waals surface area contributed by atoms with Gasteiger partial charge in [-0.15, -0.1) is 20.4 Å². The van der Waals surface area contributed by atoms with Crippen LogP contribution in [0.2, 0.25) is 0 Å². The molecular weight excluding hydrogens is 1160 g/mol. The number of nitrogens with two attached hydrogens (primary N) is 2. The minimum absolute atomic E-state index is 0.320. The first-order chi connectivity index (χ1) is 44.4. The summed E-state index contributed by atoms with van der Waals surface area (Å²) in [6.07, 6.45) is 11.8. The maximum atomic E-state index is 8.79. The van der Waals surface area contributed by atoms with Crippen LogP contribution in [0.1, 0.15) is 62.8 Å². The minimum atomic E-state index is -1.35. The molecule has 3 saturated heterocycles. The van der Waals surface area contributed by atoms with Gasteiger partial charge < -0.3 is 59.8 Å². The molecule has 6 aromatic heterocycles. The van der Waals surface area contributed by atoms with Crippen LogP contribution in [0.15, 0.2) is 143 Å². The predicted octanol–water partition coefficient (Wildman–Crippen LogP) is 8.71. The van der Waals surface area contributed by atoms with E-state index in [0.29, 0.717) is 28.9 Å². The van der Waals surface area contributed by atoms with Gasteiger partial charge in [0.15, 0.2) is 0 Å². The van der Waals surface area contributed by atoms with Gasteiger partial charge in [0.05, 0.1) is 71.2 Å². The highest BCUT2D eigenvalue weighted by Gasteiger charge is 2.51. The lowest BCUT2D eigenvalue weighted by molar-refractivity contribution is 0.00578. The van der Waals surface area contributed by atoms with Crippen molar-refractivity contribution in [2.45, 2.75) is 79.4 Å². The highest BCUT2D eigenvalue weighted by molar-refractivity contribution is 6.62. The van der Waals surface area contributed by atoms with E-state index >= 15 is 0 Å². The first-order valence-electron chi connectivity index (χ1n) is 31.2. The second kappa shape index (κ2) is 30.6. The number of fused-ring (bicyclic) bond motifs is 2. The van der Waals surface area contributed by atoms with Crippen molar-refractivity contribution in [3.05, 3.63) is 157 Å². The summed E-state index contributed by atoms with van der Waals surface area (Å²) in [6, 6.07) is 31.9. The monoisotopic (exact) mass is 1240 g/mol. The van der Waals surface area contributed by atoms with Gasteiger partial charge in [-0.1, -0.05) is 54.6 Å². The van der Waals surface area contributed by atoms with E-state index in [1.165, 1.54) is 29.5 Å². The molecule has 0 atom stereocenters. The molecule has 0 spiro atoms. The van der Waals surface area contributed by atoms with E-state index in [9.17, 15) is 0 Å². The Labute approximate surface area is 537 Å². The van der Waals surface area contributed by atoms with Gasteiger partial charge >= 0.3 is 14.2 Å². The van der Waals surface area contributed by atoms with Crippen LogP contribution in [-0.2, 0) is 18.8 Å². The highest BCUT2D eigenvalue weighted by atomic mass is 16.7. The average molecular weight is 1250 g/mol. The van der Waals surface area contributed by atoms with Crippen molar-refractivity contribution in [1.29, 1.82) is 0 Å². The highest BCUT2D eigenvalue weighted by Crippen LogP contribution is 2.39. The Balaban J connectivity index is 0.000000146. The molecule has 0 aliphatic carbocycles. The first kappa shape index (κ1) is 66.2. The summed E-state index contributed by atoms with van der Waals surface area (Å²) in [5, 5.41) is 42.8. The second-order valence-electron chi connectivity index (χ2n) is 24.1. The van der Waals surface area contributed by atoms with E-state index in [4.69, 9.17) is 49.1 Å². The minimum Gasteiger partial charge on any atom is -0.423 e. The van der Waals surface area contributed by atoms with Crippen LogP contribution in [0, 0.1) is 27.7 Å². The van der Waals surface area contributed by atoms with Crippen LogP contribution >= 0.6 is 0 Å². The second-order valence-corrected chi connectivity index (χ2v) is 24.1. The van der Waals surface area contributed by atoms with Crippen LogP contribution < -0.4 is 33.0 Å². The summed E-state index contributed by atoms with van der Waals surface area (Å²) in [5.74, 6) is 1.91. The fraction of sp³-hybridized carbons (Fsp3) is 0.353. The van der Waals surface area contributed by atoms with E-state index in [-0.39, 0.29) is 18.3 Å². The number of benzene rings is 4. The Morgan fingerprint density at radius 2 is 0.978 bits per heavy atom. The van der Waals surface area contributed by atoms with E-state index in [2.05, 4.69) is 117 Å². The summed E-state index contributed by atoms with van der Waals surface area (Å²) >= 11 is 0. The van der Waals surface area contributed by atoms with Crippen molar-refractivity contribution in [1.82, 2.24) is 50.1 Å². The zero-order valence-corrected chi connectivity index (χ0v) is 53.7. The number of hydrogen-bond donors (Lipinski definition) is 6. The topological polar surface area (TPSA) is 289 Å². The first-order valence-corrected chi connectivity index (χ1v) is 31.2. The van der Waals surface area contributed by atoms with Crippen LogP contribution in [-0.4, -0.2) is 164 Å². The number of aryl methyl sites for hydroxylation is 4. The fourth-order valence-electron chi connectivity index (χ4n) is 10.7. The number of rotatable bonds is 16. The molecule has 3 fully saturated rings. The van der Waals surface area contributed by atoms with Crippen molar-refractivity contribution in [3.63, 3.8) is 0 Å². The summed E-state index contributed by atoms with van der Waals surface area (Å²) < 4.78 is 33.7. The molecule has 0 radical (unpaired) electrons. The standard InChI is InChI=1S/C26H29N5O2.C23H25N7O2.C11H17BN2O2.C8H11BO2/c1-18-4-5-20(14-19(18)2)21-6-7-24-22(15-21)25(23(16-28-24)26-30-29-17-33-26)27-8-3-9-31-10-12-32-13-11-31;24-21-5-3-17(13-27-21)16-2-4-20-18(12-16)22(19(14-26-20)23-29-28-15-32-23)25-6-1-7-30-8-10-31-11-9-30;1-10(2)11(3,4)16-12(15-10)8-5-6-9(13)14-7-8;1-6-3-4-8(9(10)11)5-7(6)2/h4-7,14-17H,3,8-13H2,1-2H3,(H,27,28);2-5,12-15H,1,6-11H2,(H2,24,27)(H,25,26);5-7H,1-4H3,(H2,13,14);3-5,10-11H,1-2H3. The lowest BCUT2D eigenvalue weighted by Gasteiger charge is -2.32. The summed E-state index contributed by atoms with van der Waals surface area (Å²) in [4.78, 5) is 22.4. The van der Waals surface area contributed by atoms with Gasteiger partial charge in [0.1, 0.15) is 11.6 Å². The number of anilines is 4. The van der Waals surface area contributed by atoms with Crippen molar-refractivity contribution in [2.75, 3.05) is 101 Å². The van der Waals surface area contributed by atoms with Crippen LogP contribution in [0.3, 0.4) is 0 Å². The lowest BCUT2D eigenvalue weighted by atomic mass is 9.79. The third-order valence-corrected chi connectivity index (χ3v) is 17.2. The zero-order chi connectivity index (χ0) is 64.8. The molecule has 3 aliphatic heterocycles. The Bertz CT molecular complexity index is 3990. The average Bonchev–Trinajstić information content (AvgIpc) is 1.38. The van der Waals surface area contributed by atoms with Crippen molar-refractivity contribution in [2.24, 2.45) is 0 Å². The largest absolute Gasteiger partial charge is 0.496 e. The number of aromatic nitrogens is 8. The Morgan fingerprint density at radius 3 is 1.42 bits per heavy atom. The van der Waals surface area contributed by atoms with Crippen LogP contribution in [0.5, 0.6) is 0 Å². The fourth-order valence-corrected chi connectivity index (χ4v) is 10.7. The molecule has 8 N–H and O–H groups in total. The number of nitrogen functional groups attached to an aromatic ring is 2. The van der Waals surface area contributed by atoms with Gasteiger partial charge in [0.25, 0.3) is 11.8 Å². The predicted molar refractivity (Wildman–Crippen MR) is 363 cm³/mol. The third kappa shape index (κ3) is 16.9. The number of nitrogens with zero attached hydrogens (tertiary/aromatic N) is 10. The van der Waals surface area contributed by atoms with Gasteiger partial charge in [-0.05, 0) is 168 Å². The molecule has 4 aromatic carbocycles. The van der Waals surface area contributed by atoms with Crippen molar-refractivity contribution >= 4 is 70.0 Å². The molecule has 0 unspecified atom stereocenters. The molecular formula is C68H82B2N14O8. The summed E-state index contributed by atoms with van der Waals surface area (Å²) in [5.41, 5.74) is 26.6. The maximum Gasteiger partial charge on any atom is 0.496 e. The molecule has 0 bridgehead atoms. The number of ether oxygens (including phenoxy) is 2. The van der Waals surface area contributed by atoms with Gasteiger partial charge in [-0.3, -0.25) is 19.8 Å². The maximum absolute atomic E-state index is 8.79. The molecule has 13 rings (SSSR count). The Kier molecular flexibility index (Phi) is 22.0. The third-order valence-electron chi connectivity index (χ3n) is 17.2. The van der Waals surface area contributed by atoms with E-state index in [1.54, 1.807) is 42.9 Å². The van der Waals surface area contributed by atoms with Crippen molar-refractivity contribution < 1.29 is 37.7 Å². The number of morpholine rings is 2. The molecule has 10 aromatic rings. The van der Waals surface area contributed by atoms with Gasteiger partial charge in [-0.2, -0.15) is 0 Å². The molecule has 24 heteroatoms. The van der Waals surface area contributed by atoms with Crippen LogP contribution in [0.4, 0.5) is 23.0 Å². The lowest BCUT2D eigenvalue weighted by Crippen LogP contribution is -2.41. The quantitative estimate of drug-likeness (QED) is 0.0389. The smallest absolute Gasteiger partial charge is 0.423 e. The SMILES string of the molecule is CC1(C)OB(c2ccc(N)nc2)OC1(C)C.Cc1ccc(-c2ccc3ncc(-c4nnco4)c(NCCCN4CCOCC4)c3c2)cc1C.Cc1ccc(B(O)O)cc1C.Nc1ccc(-c2ccc3ncc(-c4nnco4)c(NCCCN4CCOCC4)c3c2)cn1. The number of nitrogens with one attached hydrogen (secondary N) is 2.